The van der Waals surface area contributed by atoms with Crippen LogP contribution in [0.3, 0.4) is 0 Å². The molecule has 0 N–H and O–H groups in total. The van der Waals surface area contributed by atoms with Crippen molar-refractivity contribution < 1.29 is 8.78 Å². The molecule has 8 heteroatoms. The molecule has 0 saturated carbocycles. The lowest BCUT2D eigenvalue weighted by atomic mass is 10.1. The van der Waals surface area contributed by atoms with E-state index in [-0.39, 0.29) is 11.6 Å². The maximum absolute atomic E-state index is 14.9. The van der Waals surface area contributed by atoms with E-state index in [1.54, 1.807) is 0 Å². The van der Waals surface area contributed by atoms with E-state index in [2.05, 4.69) is 332 Å². The molecule has 15 aromatic carbocycles. The highest BCUT2D eigenvalue weighted by molar-refractivity contribution is 6.04. The molecule has 0 aliphatic heterocycles. The molecule has 2 aromatic heterocycles. The number of para-hydroxylation sites is 4. The Bertz CT molecular complexity index is 5220. The van der Waals surface area contributed by atoms with Gasteiger partial charge in [-0.15, -0.1) is 0 Å². The van der Waals surface area contributed by atoms with E-state index < -0.39 is 0 Å². The summed E-state index contributed by atoms with van der Waals surface area (Å²) in [7, 11) is 0. The molecule has 0 aliphatic rings. The standard InChI is InChI=1S/C90H62F2N6/c91-69-39-35-65(36-40-69)87-59-67-62-90-68(61-89(67)97(87)81-55-51-79(52-56-81)95(85-33-17-21-63-19-13-15-31-83(63)85)77-47-43-75(44-48-77)93(71-23-5-1-6-24-71)72-25-7-2-8-26-72)60-88(66-37-41-70(92)42-38-66)98(90)82-57-53-80(54-58-82)96(86-34-18-22-64-20-14-16-32-84(64)86)78-49-45-76(46-50-78)94(73-27-9-3-10-28-73)74-29-11-4-12-30-74/h1-62H. The van der Waals surface area contributed by atoms with Gasteiger partial charge in [0.1, 0.15) is 11.6 Å². The molecule has 466 valence electrons. The fourth-order valence-corrected chi connectivity index (χ4v) is 14.0. The van der Waals surface area contributed by atoms with Crippen LogP contribution < -0.4 is 19.6 Å². The lowest BCUT2D eigenvalue weighted by Crippen LogP contribution is -2.12. The van der Waals surface area contributed by atoms with Gasteiger partial charge in [0.15, 0.2) is 0 Å². The van der Waals surface area contributed by atoms with Crippen LogP contribution in [0.5, 0.6) is 0 Å². The van der Waals surface area contributed by atoms with Gasteiger partial charge in [0.05, 0.1) is 33.8 Å². The van der Waals surface area contributed by atoms with Gasteiger partial charge >= 0.3 is 0 Å². The van der Waals surface area contributed by atoms with Crippen LogP contribution in [-0.4, -0.2) is 9.13 Å². The van der Waals surface area contributed by atoms with Crippen LogP contribution >= 0.6 is 0 Å². The summed E-state index contributed by atoms with van der Waals surface area (Å²) < 4.78 is 34.4. The molecule has 0 bridgehead atoms. The summed E-state index contributed by atoms with van der Waals surface area (Å²) in [6, 6.07) is 129. The van der Waals surface area contributed by atoms with Crippen LogP contribution in [0, 0.1) is 11.6 Å². The first-order valence-corrected chi connectivity index (χ1v) is 32.9. The minimum absolute atomic E-state index is 0.304. The topological polar surface area (TPSA) is 22.8 Å². The van der Waals surface area contributed by atoms with E-state index in [0.29, 0.717) is 0 Å². The van der Waals surface area contributed by atoms with Gasteiger partial charge < -0.3 is 28.7 Å². The first-order chi connectivity index (χ1) is 48.4. The molecule has 0 spiro atoms. The zero-order valence-electron chi connectivity index (χ0n) is 53.2. The van der Waals surface area contributed by atoms with Crippen LogP contribution in [0.1, 0.15) is 0 Å². The molecule has 6 nitrogen and oxygen atoms in total. The lowest BCUT2D eigenvalue weighted by Gasteiger charge is -2.29. The van der Waals surface area contributed by atoms with Crippen LogP contribution in [0.4, 0.5) is 77.0 Å². The van der Waals surface area contributed by atoms with E-state index in [1.165, 1.54) is 24.3 Å². The largest absolute Gasteiger partial charge is 0.311 e. The van der Waals surface area contributed by atoms with Gasteiger partial charge in [-0.2, -0.15) is 0 Å². The Balaban J connectivity index is 0.782. The smallest absolute Gasteiger partial charge is 0.123 e. The van der Waals surface area contributed by atoms with Gasteiger partial charge in [0, 0.05) is 89.8 Å². The molecule has 0 saturated heterocycles. The second-order valence-corrected chi connectivity index (χ2v) is 24.5. The Morgan fingerprint density at radius 2 is 0.469 bits per heavy atom. The summed E-state index contributed by atoms with van der Waals surface area (Å²) in [6.07, 6.45) is 0. The summed E-state index contributed by atoms with van der Waals surface area (Å²) in [5, 5.41) is 6.51. The minimum Gasteiger partial charge on any atom is -0.311 e. The molecule has 0 unspecified atom stereocenters. The average Bonchev–Trinajstić information content (AvgIpc) is 1.55. The van der Waals surface area contributed by atoms with Gasteiger partial charge in [-0.05, 0) is 252 Å². The number of fused-ring (bicyclic) bond motifs is 4. The Morgan fingerprint density at radius 1 is 0.204 bits per heavy atom. The molecular formula is C90H62F2N6. The van der Waals surface area contributed by atoms with Gasteiger partial charge in [0.2, 0.25) is 0 Å². The quantitative estimate of drug-likeness (QED) is 0.0962. The summed E-state index contributed by atoms with van der Waals surface area (Å²) >= 11 is 0. The minimum atomic E-state index is -0.304. The Labute approximate surface area is 567 Å². The van der Waals surface area contributed by atoms with Crippen LogP contribution in [0.25, 0.3) is 77.2 Å². The van der Waals surface area contributed by atoms with Gasteiger partial charge in [-0.25, -0.2) is 8.78 Å². The number of rotatable bonds is 16. The monoisotopic (exact) mass is 1260 g/mol. The number of nitrogens with zero attached hydrogens (tertiary/aromatic N) is 6. The Hall–Kier alpha value is -13.0. The van der Waals surface area contributed by atoms with Gasteiger partial charge in [-0.3, -0.25) is 0 Å². The third-order valence-electron chi connectivity index (χ3n) is 18.5. The third-order valence-corrected chi connectivity index (χ3v) is 18.5. The first-order valence-electron chi connectivity index (χ1n) is 32.9. The van der Waals surface area contributed by atoms with E-state index in [9.17, 15) is 8.78 Å². The number of aromatic nitrogens is 2. The van der Waals surface area contributed by atoms with E-state index in [1.807, 2.05) is 48.5 Å². The highest BCUT2D eigenvalue weighted by Gasteiger charge is 2.24. The van der Waals surface area contributed by atoms with Crippen molar-refractivity contribution in [2.75, 3.05) is 19.6 Å². The molecule has 0 fully saturated rings. The predicted octanol–water partition coefficient (Wildman–Crippen LogP) is 25.4. The first kappa shape index (κ1) is 58.8. The predicted molar refractivity (Wildman–Crippen MR) is 405 cm³/mol. The maximum atomic E-state index is 14.9. The fourth-order valence-electron chi connectivity index (χ4n) is 14.0. The van der Waals surface area contributed by atoms with Crippen molar-refractivity contribution in [3.63, 3.8) is 0 Å². The lowest BCUT2D eigenvalue weighted by molar-refractivity contribution is 0.627. The molecule has 2 heterocycles. The molecule has 0 radical (unpaired) electrons. The molecule has 0 amide bonds. The number of anilines is 12. The molecule has 0 aliphatic carbocycles. The molecule has 0 atom stereocenters. The number of hydrogen-bond donors (Lipinski definition) is 0. The second kappa shape index (κ2) is 25.4. The molecule has 17 aromatic rings. The SMILES string of the molecule is Fc1ccc(-c2cc3cc4c(cc(-c5ccc(F)cc5)n4-c4ccc(N(c5ccc(N(c6ccccc6)c6ccccc6)cc5)c5cccc6ccccc56)cc4)cc3n2-c2ccc(N(c3ccc(N(c4ccccc4)c4ccccc4)cc3)c3cccc4ccccc34)cc2)cc1. The van der Waals surface area contributed by atoms with Crippen LogP contribution in [0.2, 0.25) is 0 Å². The Morgan fingerprint density at radius 3 is 0.796 bits per heavy atom. The van der Waals surface area contributed by atoms with Crippen molar-refractivity contribution in [3.8, 4) is 33.9 Å². The zero-order chi connectivity index (χ0) is 65.5. The third kappa shape index (κ3) is 11.0. The summed E-state index contributed by atoms with van der Waals surface area (Å²) in [5.41, 5.74) is 19.7. The zero-order valence-corrected chi connectivity index (χ0v) is 53.2. The van der Waals surface area contributed by atoms with Crippen molar-refractivity contribution >= 4 is 112 Å². The molecule has 17 rings (SSSR count). The van der Waals surface area contributed by atoms with Gasteiger partial charge in [-0.1, -0.05) is 146 Å². The van der Waals surface area contributed by atoms with Crippen molar-refractivity contribution in [2.24, 2.45) is 0 Å². The number of hydrogen-bond acceptors (Lipinski definition) is 4. The Kier molecular flexibility index (Phi) is 15.2. The maximum Gasteiger partial charge on any atom is 0.123 e. The van der Waals surface area contributed by atoms with Crippen molar-refractivity contribution in [1.29, 1.82) is 0 Å². The summed E-state index contributed by atoms with van der Waals surface area (Å²) in [5.74, 6) is -0.608. The molecular weight excluding hydrogens is 1200 g/mol. The van der Waals surface area contributed by atoms with Crippen molar-refractivity contribution in [3.05, 3.63) is 388 Å². The van der Waals surface area contributed by atoms with E-state index >= 15 is 0 Å². The number of halogens is 2. The number of benzene rings is 15. The highest BCUT2D eigenvalue weighted by atomic mass is 19.1. The fraction of sp³-hybridized carbons (Fsp3) is 0. The molecule has 98 heavy (non-hydrogen) atoms. The normalized spacial score (nSPS) is 11.4. The average molecular weight is 1270 g/mol. The van der Waals surface area contributed by atoms with Crippen LogP contribution in [0.15, 0.2) is 376 Å². The van der Waals surface area contributed by atoms with Gasteiger partial charge in [0.25, 0.3) is 0 Å². The van der Waals surface area contributed by atoms with Crippen molar-refractivity contribution in [1.82, 2.24) is 9.13 Å². The second-order valence-electron chi connectivity index (χ2n) is 24.5. The summed E-state index contributed by atoms with van der Waals surface area (Å²) in [4.78, 5) is 9.22. The van der Waals surface area contributed by atoms with Crippen molar-refractivity contribution in [2.45, 2.75) is 0 Å². The summed E-state index contributed by atoms with van der Waals surface area (Å²) in [6.45, 7) is 0. The van der Waals surface area contributed by atoms with E-state index in [4.69, 9.17) is 0 Å². The highest BCUT2D eigenvalue weighted by Crippen LogP contribution is 2.46. The van der Waals surface area contributed by atoms with E-state index in [0.717, 1.165) is 145 Å². The van der Waals surface area contributed by atoms with Crippen LogP contribution in [-0.2, 0) is 0 Å².